The molecular weight excluding hydrogens is 344 g/mol. The quantitative estimate of drug-likeness (QED) is 0.898. The molecule has 142 valence electrons. The highest BCUT2D eigenvalue weighted by Crippen LogP contribution is 2.18. The molecule has 1 fully saturated rings. The minimum Gasteiger partial charge on any atom is -0.450 e. The number of aromatic nitrogens is 1. The summed E-state index contributed by atoms with van der Waals surface area (Å²) in [5, 5.41) is 2.81. The van der Waals surface area contributed by atoms with E-state index in [1.54, 1.807) is 30.2 Å². The number of nitrogens with one attached hydrogen (secondary N) is 1. The fourth-order valence-corrected chi connectivity index (χ4v) is 2.98. The normalized spacial score (nSPS) is 14.0. The molecule has 0 aliphatic carbocycles. The Morgan fingerprint density at radius 2 is 1.93 bits per heavy atom. The molecule has 2 heterocycles. The second-order valence-electron chi connectivity index (χ2n) is 6.40. The van der Waals surface area contributed by atoms with E-state index in [0.717, 1.165) is 24.3 Å². The van der Waals surface area contributed by atoms with Crippen LogP contribution in [0.3, 0.4) is 0 Å². The van der Waals surface area contributed by atoms with Crippen LogP contribution in [0, 0.1) is 6.92 Å². The minimum absolute atomic E-state index is 0.179. The number of benzene rings is 1. The first-order chi connectivity index (χ1) is 13.1. The highest BCUT2D eigenvalue weighted by Gasteiger charge is 2.22. The van der Waals surface area contributed by atoms with Crippen LogP contribution < -0.4 is 10.2 Å². The van der Waals surface area contributed by atoms with Crippen molar-refractivity contribution in [2.24, 2.45) is 0 Å². The maximum Gasteiger partial charge on any atom is 0.409 e. The van der Waals surface area contributed by atoms with Gasteiger partial charge in [-0.25, -0.2) is 9.78 Å². The Kier molecular flexibility index (Phi) is 5.90. The third-order valence-electron chi connectivity index (χ3n) is 4.44. The topological polar surface area (TPSA) is 74.8 Å². The van der Waals surface area contributed by atoms with E-state index in [1.165, 1.54) is 0 Å². The summed E-state index contributed by atoms with van der Waals surface area (Å²) in [5.41, 5.74) is 2.61. The molecule has 1 saturated heterocycles. The summed E-state index contributed by atoms with van der Waals surface area (Å²) in [4.78, 5) is 32.3. The number of hydrogen-bond acceptors (Lipinski definition) is 5. The molecule has 0 bridgehead atoms. The lowest BCUT2D eigenvalue weighted by Crippen LogP contribution is -2.49. The summed E-state index contributed by atoms with van der Waals surface area (Å²) >= 11 is 0. The fraction of sp³-hybridized carbons (Fsp3) is 0.350. The molecular formula is C20H24N4O3. The predicted molar refractivity (Wildman–Crippen MR) is 104 cm³/mol. The third kappa shape index (κ3) is 4.75. The van der Waals surface area contributed by atoms with Crippen molar-refractivity contribution in [1.29, 1.82) is 0 Å². The average Bonchev–Trinajstić information content (AvgIpc) is 2.69. The lowest BCUT2D eigenvalue weighted by molar-refractivity contribution is 0.102. The van der Waals surface area contributed by atoms with E-state index < -0.39 is 0 Å². The second-order valence-corrected chi connectivity index (χ2v) is 6.40. The molecule has 0 atom stereocenters. The number of piperazine rings is 1. The van der Waals surface area contributed by atoms with Crippen molar-refractivity contribution in [3.63, 3.8) is 0 Å². The summed E-state index contributed by atoms with van der Waals surface area (Å²) in [6, 6.07) is 11.1. The first-order valence-corrected chi connectivity index (χ1v) is 9.07. The fourth-order valence-electron chi connectivity index (χ4n) is 2.98. The van der Waals surface area contributed by atoms with Gasteiger partial charge in [0.05, 0.1) is 18.5 Å². The molecule has 7 nitrogen and oxygen atoms in total. The maximum atomic E-state index is 12.3. The number of carbonyl (C=O) groups is 2. The molecule has 2 aromatic rings. The number of carbonyl (C=O) groups excluding carboxylic acids is 2. The van der Waals surface area contributed by atoms with Crippen molar-refractivity contribution >= 4 is 23.5 Å². The standard InChI is InChI=1S/C20H24N4O3/c1-3-27-20(26)24-11-9-23(10-12-24)17-7-8-18(21-14-17)22-19(25)16-6-4-5-15(2)13-16/h4-8,13-14H,3,9-12H2,1-2H3,(H,21,22,25). The van der Waals surface area contributed by atoms with Crippen molar-refractivity contribution in [2.75, 3.05) is 43.0 Å². The van der Waals surface area contributed by atoms with Crippen LogP contribution in [0.4, 0.5) is 16.3 Å². The molecule has 3 rings (SSSR count). The van der Waals surface area contributed by atoms with Gasteiger partial charge >= 0.3 is 6.09 Å². The van der Waals surface area contributed by atoms with Gasteiger partial charge in [-0.2, -0.15) is 0 Å². The Hall–Kier alpha value is -3.09. The summed E-state index contributed by atoms with van der Waals surface area (Å²) in [6.45, 7) is 6.81. The van der Waals surface area contributed by atoms with Crippen LogP contribution in [0.2, 0.25) is 0 Å². The van der Waals surface area contributed by atoms with Gasteiger partial charge in [0.1, 0.15) is 5.82 Å². The van der Waals surface area contributed by atoms with E-state index in [2.05, 4.69) is 15.2 Å². The van der Waals surface area contributed by atoms with E-state index in [0.29, 0.717) is 31.1 Å². The predicted octanol–water partition coefficient (Wildman–Crippen LogP) is 2.92. The third-order valence-corrected chi connectivity index (χ3v) is 4.44. The van der Waals surface area contributed by atoms with Crippen molar-refractivity contribution in [3.05, 3.63) is 53.7 Å². The van der Waals surface area contributed by atoms with E-state index in [4.69, 9.17) is 4.74 Å². The number of anilines is 2. The Bertz CT molecular complexity index is 799. The van der Waals surface area contributed by atoms with Crippen LogP contribution in [0.1, 0.15) is 22.8 Å². The second kappa shape index (κ2) is 8.53. The molecule has 2 amide bonds. The molecule has 7 heteroatoms. The van der Waals surface area contributed by atoms with Crippen LogP contribution in [-0.4, -0.2) is 54.7 Å². The first-order valence-electron chi connectivity index (χ1n) is 9.07. The molecule has 0 spiro atoms. The van der Waals surface area contributed by atoms with Gasteiger partial charge in [-0.1, -0.05) is 17.7 Å². The monoisotopic (exact) mass is 368 g/mol. The highest BCUT2D eigenvalue weighted by atomic mass is 16.6. The zero-order chi connectivity index (χ0) is 19.2. The van der Waals surface area contributed by atoms with Crippen LogP contribution in [0.5, 0.6) is 0 Å². The Labute approximate surface area is 158 Å². The molecule has 1 aliphatic rings. The van der Waals surface area contributed by atoms with Gasteiger partial charge in [-0.05, 0) is 38.1 Å². The lowest BCUT2D eigenvalue weighted by atomic mass is 10.1. The van der Waals surface area contributed by atoms with Gasteiger partial charge in [0.2, 0.25) is 0 Å². The summed E-state index contributed by atoms with van der Waals surface area (Å²) < 4.78 is 5.03. The molecule has 1 aromatic heterocycles. The molecule has 0 saturated carbocycles. The van der Waals surface area contributed by atoms with Crippen molar-refractivity contribution < 1.29 is 14.3 Å². The first kappa shape index (κ1) is 18.7. The van der Waals surface area contributed by atoms with Crippen molar-refractivity contribution in [2.45, 2.75) is 13.8 Å². The van der Waals surface area contributed by atoms with Gasteiger partial charge in [0, 0.05) is 31.7 Å². The molecule has 0 radical (unpaired) electrons. The van der Waals surface area contributed by atoms with Gasteiger partial charge in [-0.3, -0.25) is 4.79 Å². The Morgan fingerprint density at radius 1 is 1.15 bits per heavy atom. The Morgan fingerprint density at radius 3 is 2.56 bits per heavy atom. The van der Waals surface area contributed by atoms with Crippen LogP contribution >= 0.6 is 0 Å². The average molecular weight is 368 g/mol. The summed E-state index contributed by atoms with van der Waals surface area (Å²) in [7, 11) is 0. The van der Waals surface area contributed by atoms with Gasteiger partial charge in [0.25, 0.3) is 5.91 Å². The number of rotatable bonds is 4. The number of pyridine rings is 1. The van der Waals surface area contributed by atoms with Gasteiger partial charge in [0.15, 0.2) is 0 Å². The highest BCUT2D eigenvalue weighted by molar-refractivity contribution is 6.03. The Balaban J connectivity index is 1.56. The zero-order valence-corrected chi connectivity index (χ0v) is 15.6. The number of amides is 2. The molecule has 0 unspecified atom stereocenters. The molecule has 27 heavy (non-hydrogen) atoms. The van der Waals surface area contributed by atoms with E-state index in [1.807, 2.05) is 31.2 Å². The molecule has 1 aromatic carbocycles. The summed E-state index contributed by atoms with van der Waals surface area (Å²) in [5.74, 6) is 0.331. The van der Waals surface area contributed by atoms with Crippen LogP contribution in [0.15, 0.2) is 42.6 Å². The summed E-state index contributed by atoms with van der Waals surface area (Å²) in [6.07, 6.45) is 1.48. The number of nitrogens with zero attached hydrogens (tertiary/aromatic N) is 3. The van der Waals surface area contributed by atoms with Gasteiger partial charge < -0.3 is 19.9 Å². The SMILES string of the molecule is CCOC(=O)N1CCN(c2ccc(NC(=O)c3cccc(C)c3)nc2)CC1. The van der Waals surface area contributed by atoms with Crippen LogP contribution in [-0.2, 0) is 4.74 Å². The number of hydrogen-bond donors (Lipinski definition) is 1. The maximum absolute atomic E-state index is 12.3. The van der Waals surface area contributed by atoms with Crippen molar-refractivity contribution in [3.8, 4) is 0 Å². The number of ether oxygens (including phenoxy) is 1. The van der Waals surface area contributed by atoms with E-state index >= 15 is 0 Å². The number of aryl methyl sites for hydroxylation is 1. The van der Waals surface area contributed by atoms with Crippen molar-refractivity contribution in [1.82, 2.24) is 9.88 Å². The zero-order valence-electron chi connectivity index (χ0n) is 15.6. The minimum atomic E-state index is -0.260. The van der Waals surface area contributed by atoms with E-state index in [-0.39, 0.29) is 12.0 Å². The van der Waals surface area contributed by atoms with E-state index in [9.17, 15) is 9.59 Å². The van der Waals surface area contributed by atoms with Gasteiger partial charge in [-0.15, -0.1) is 0 Å². The smallest absolute Gasteiger partial charge is 0.409 e. The van der Waals surface area contributed by atoms with Crippen LogP contribution in [0.25, 0.3) is 0 Å². The lowest BCUT2D eigenvalue weighted by Gasteiger charge is -2.35. The molecule has 1 aliphatic heterocycles. The largest absolute Gasteiger partial charge is 0.450 e. The molecule has 1 N–H and O–H groups in total.